The minimum atomic E-state index is 0.337. The van der Waals surface area contributed by atoms with E-state index in [0.717, 1.165) is 54.8 Å². The van der Waals surface area contributed by atoms with Crippen molar-refractivity contribution < 1.29 is 0 Å². The predicted octanol–water partition coefficient (Wildman–Crippen LogP) is 6.76. The monoisotopic (exact) mass is 401 g/mol. The van der Waals surface area contributed by atoms with E-state index in [2.05, 4.69) is 66.8 Å². The lowest BCUT2D eigenvalue weighted by atomic mass is 10.00. The summed E-state index contributed by atoms with van der Waals surface area (Å²) in [5, 5.41) is 1.49. The van der Waals surface area contributed by atoms with Gasteiger partial charge in [0.05, 0.1) is 5.39 Å². The zero-order valence-electron chi connectivity index (χ0n) is 16.7. The summed E-state index contributed by atoms with van der Waals surface area (Å²) in [4.78, 5) is 13.9. The molecule has 0 atom stereocenters. The molecule has 0 spiro atoms. The number of aryl methyl sites for hydroxylation is 2. The number of aromatic nitrogens is 2. The number of benzene rings is 1. The van der Waals surface area contributed by atoms with E-state index in [-0.39, 0.29) is 0 Å². The van der Waals surface area contributed by atoms with Crippen LogP contribution in [0.15, 0.2) is 24.3 Å². The van der Waals surface area contributed by atoms with E-state index in [1.165, 1.54) is 21.6 Å². The molecule has 0 aliphatic carbocycles. The zero-order chi connectivity index (χ0) is 19.4. The molecule has 0 bridgehead atoms. The Morgan fingerprint density at radius 2 is 1.74 bits per heavy atom. The number of halogens is 1. The van der Waals surface area contributed by atoms with Crippen molar-refractivity contribution in [1.29, 1.82) is 0 Å². The largest absolute Gasteiger partial charge is 0.356 e. The van der Waals surface area contributed by atoms with Crippen LogP contribution in [0.25, 0.3) is 21.3 Å². The molecule has 144 valence electrons. The second-order valence-electron chi connectivity index (χ2n) is 6.73. The van der Waals surface area contributed by atoms with Crippen LogP contribution in [0.4, 0.5) is 5.82 Å². The van der Waals surface area contributed by atoms with Crippen LogP contribution in [-0.2, 0) is 12.8 Å². The van der Waals surface area contributed by atoms with Gasteiger partial charge in [-0.2, -0.15) is 4.98 Å². The Hall–Kier alpha value is -1.65. The molecular weight excluding hydrogens is 374 g/mol. The molecule has 3 nitrogen and oxygen atoms in total. The molecule has 0 unspecified atom stereocenters. The molecule has 2 heterocycles. The number of thiophene rings is 1. The number of anilines is 1. The first kappa shape index (κ1) is 20.1. The summed E-state index contributed by atoms with van der Waals surface area (Å²) >= 11 is 8.05. The Bertz CT molecular complexity index is 902. The van der Waals surface area contributed by atoms with Crippen molar-refractivity contribution in [3.8, 4) is 11.1 Å². The van der Waals surface area contributed by atoms with E-state index in [4.69, 9.17) is 11.6 Å². The van der Waals surface area contributed by atoms with Gasteiger partial charge in [0.15, 0.2) is 0 Å². The molecule has 0 saturated heterocycles. The summed E-state index contributed by atoms with van der Waals surface area (Å²) in [6, 6.07) is 8.92. The molecule has 1 aromatic carbocycles. The molecule has 0 aliphatic heterocycles. The van der Waals surface area contributed by atoms with Crippen molar-refractivity contribution in [2.24, 2.45) is 0 Å². The molecule has 3 aromatic rings. The smallest absolute Gasteiger partial charge is 0.225 e. The summed E-state index contributed by atoms with van der Waals surface area (Å²) in [7, 11) is 0. The van der Waals surface area contributed by atoms with Crippen LogP contribution in [0, 0.1) is 0 Å². The molecule has 0 saturated carbocycles. The molecule has 5 heteroatoms. The average Bonchev–Trinajstić information content (AvgIpc) is 3.06. The van der Waals surface area contributed by atoms with E-state index >= 15 is 0 Å². The van der Waals surface area contributed by atoms with Gasteiger partial charge in [-0.3, -0.25) is 0 Å². The molecule has 3 rings (SSSR count). The maximum atomic E-state index is 6.31. The third kappa shape index (κ3) is 4.12. The molecule has 0 fully saturated rings. The third-order valence-corrected chi connectivity index (χ3v) is 6.41. The lowest BCUT2D eigenvalue weighted by Crippen LogP contribution is -2.25. The van der Waals surface area contributed by atoms with Gasteiger partial charge in [-0.15, -0.1) is 11.3 Å². The Morgan fingerprint density at radius 1 is 1.00 bits per heavy atom. The maximum absolute atomic E-state index is 6.31. The van der Waals surface area contributed by atoms with Crippen LogP contribution in [0.5, 0.6) is 0 Å². The van der Waals surface area contributed by atoms with E-state index < -0.39 is 0 Å². The number of rotatable bonds is 8. The Labute approximate surface area is 171 Å². The van der Waals surface area contributed by atoms with Crippen molar-refractivity contribution in [2.75, 3.05) is 18.0 Å². The molecule has 0 radical (unpaired) electrons. The summed E-state index contributed by atoms with van der Waals surface area (Å²) in [5.74, 6) is 0.978. The van der Waals surface area contributed by atoms with E-state index in [9.17, 15) is 0 Å². The SMILES string of the molecule is CCCCN(CC)c1nc(Cl)nc2sc(CC)c(-c3ccc(CC)cc3)c12. The quantitative estimate of drug-likeness (QED) is 0.390. The molecule has 2 aromatic heterocycles. The first-order valence-electron chi connectivity index (χ1n) is 9.95. The molecule has 0 aliphatic rings. The lowest BCUT2D eigenvalue weighted by molar-refractivity contribution is 0.726. The Balaban J connectivity index is 2.24. The number of fused-ring (bicyclic) bond motifs is 1. The molecular formula is C22H28ClN3S. The second kappa shape index (κ2) is 9.03. The topological polar surface area (TPSA) is 29.0 Å². The van der Waals surface area contributed by atoms with Gasteiger partial charge in [-0.05, 0) is 48.9 Å². The van der Waals surface area contributed by atoms with Gasteiger partial charge in [-0.25, -0.2) is 4.98 Å². The summed E-state index contributed by atoms with van der Waals surface area (Å²) in [6.07, 6.45) is 4.33. The van der Waals surface area contributed by atoms with Crippen LogP contribution in [0.1, 0.15) is 51.0 Å². The van der Waals surface area contributed by atoms with Gasteiger partial charge >= 0.3 is 0 Å². The number of hydrogen-bond acceptors (Lipinski definition) is 4. The highest BCUT2D eigenvalue weighted by Gasteiger charge is 2.22. The van der Waals surface area contributed by atoms with Crippen LogP contribution in [-0.4, -0.2) is 23.1 Å². The number of hydrogen-bond donors (Lipinski definition) is 0. The van der Waals surface area contributed by atoms with E-state index in [0.29, 0.717) is 5.28 Å². The van der Waals surface area contributed by atoms with E-state index in [1.54, 1.807) is 11.3 Å². The van der Waals surface area contributed by atoms with Gasteiger partial charge in [0.1, 0.15) is 10.6 Å². The van der Waals surface area contributed by atoms with Gasteiger partial charge in [-0.1, -0.05) is 51.5 Å². The van der Waals surface area contributed by atoms with Gasteiger partial charge in [0.2, 0.25) is 5.28 Å². The maximum Gasteiger partial charge on any atom is 0.225 e. The fourth-order valence-electron chi connectivity index (χ4n) is 3.46. The van der Waals surface area contributed by atoms with Crippen LogP contribution in [0.3, 0.4) is 0 Å². The highest BCUT2D eigenvalue weighted by molar-refractivity contribution is 7.19. The summed E-state index contributed by atoms with van der Waals surface area (Å²) < 4.78 is 0. The Morgan fingerprint density at radius 3 is 2.33 bits per heavy atom. The van der Waals surface area contributed by atoms with Gasteiger partial charge in [0, 0.05) is 23.5 Å². The fraction of sp³-hybridized carbons (Fsp3) is 0.455. The summed E-state index contributed by atoms with van der Waals surface area (Å²) in [6.45, 7) is 10.7. The lowest BCUT2D eigenvalue weighted by Gasteiger charge is -2.23. The van der Waals surface area contributed by atoms with Crippen molar-refractivity contribution in [2.45, 2.75) is 53.4 Å². The highest BCUT2D eigenvalue weighted by Crippen LogP contribution is 2.43. The number of nitrogens with zero attached hydrogens (tertiary/aromatic N) is 3. The van der Waals surface area contributed by atoms with Crippen LogP contribution in [0.2, 0.25) is 5.28 Å². The predicted molar refractivity (Wildman–Crippen MR) is 119 cm³/mol. The molecule has 0 amide bonds. The summed E-state index contributed by atoms with van der Waals surface area (Å²) in [5.41, 5.74) is 3.88. The van der Waals surface area contributed by atoms with Crippen molar-refractivity contribution >= 4 is 39.0 Å². The van der Waals surface area contributed by atoms with Crippen molar-refractivity contribution in [3.63, 3.8) is 0 Å². The van der Waals surface area contributed by atoms with Crippen molar-refractivity contribution in [1.82, 2.24) is 9.97 Å². The Kier molecular flexibility index (Phi) is 6.72. The van der Waals surface area contributed by atoms with Crippen molar-refractivity contribution in [3.05, 3.63) is 40.0 Å². The minimum absolute atomic E-state index is 0.337. The number of unbranched alkanes of at least 4 members (excludes halogenated alkanes) is 1. The van der Waals surface area contributed by atoms with Gasteiger partial charge < -0.3 is 4.90 Å². The standard InChI is InChI=1S/C22H28ClN3S/c1-5-9-14-26(8-4)20-19-18(16-12-10-15(6-2)11-13-16)17(7-3)27-21(19)25-22(23)24-20/h10-13H,5-9,14H2,1-4H3. The van der Waals surface area contributed by atoms with Gasteiger partial charge in [0.25, 0.3) is 0 Å². The average molecular weight is 402 g/mol. The van der Waals surface area contributed by atoms with Crippen LogP contribution >= 0.6 is 22.9 Å². The third-order valence-electron chi connectivity index (χ3n) is 5.01. The zero-order valence-corrected chi connectivity index (χ0v) is 18.3. The first-order chi connectivity index (χ1) is 13.1. The first-order valence-corrected chi connectivity index (χ1v) is 11.1. The fourth-order valence-corrected chi connectivity index (χ4v) is 4.80. The van der Waals surface area contributed by atoms with Crippen LogP contribution < -0.4 is 4.90 Å². The van der Waals surface area contributed by atoms with E-state index in [1.807, 2.05) is 0 Å². The second-order valence-corrected chi connectivity index (χ2v) is 8.16. The molecule has 0 N–H and O–H groups in total. The normalized spacial score (nSPS) is 11.3. The highest BCUT2D eigenvalue weighted by atomic mass is 35.5. The molecule has 27 heavy (non-hydrogen) atoms. The minimum Gasteiger partial charge on any atom is -0.356 e.